The smallest absolute Gasteiger partial charge is 0.251 e. The maximum atomic E-state index is 13.1. The van der Waals surface area contributed by atoms with E-state index >= 15 is 0 Å². The third kappa shape index (κ3) is 5.16. The van der Waals surface area contributed by atoms with E-state index in [4.69, 9.17) is 5.73 Å². The summed E-state index contributed by atoms with van der Waals surface area (Å²) in [5.74, 6) is 1.40. The summed E-state index contributed by atoms with van der Waals surface area (Å²) in [5, 5.41) is 6.53. The van der Waals surface area contributed by atoms with Crippen LogP contribution in [0, 0.1) is 11.8 Å². The molecule has 1 aromatic carbocycles. The summed E-state index contributed by atoms with van der Waals surface area (Å²) in [6, 6.07) is 9.22. The van der Waals surface area contributed by atoms with E-state index in [0.29, 0.717) is 40.3 Å². The number of ketones is 1. The van der Waals surface area contributed by atoms with Crippen LogP contribution in [0.4, 0.5) is 11.5 Å². The Morgan fingerprint density at radius 1 is 1.09 bits per heavy atom. The van der Waals surface area contributed by atoms with Crippen molar-refractivity contribution in [2.75, 3.05) is 23.3 Å². The number of Topliss-reactive ketones (excluding diaryl/α,β-unsaturated/α-hetero) is 1. The number of amides is 2. The van der Waals surface area contributed by atoms with E-state index in [1.165, 1.54) is 12.8 Å². The lowest BCUT2D eigenvalue weighted by molar-refractivity contribution is 0.0934. The number of nitrogens with two attached hydrogens (primary N) is 1. The fourth-order valence-electron chi connectivity index (χ4n) is 5.54. The first-order valence-electron chi connectivity index (χ1n) is 12.6. The van der Waals surface area contributed by atoms with Gasteiger partial charge in [-0.1, -0.05) is 0 Å². The fourth-order valence-corrected chi connectivity index (χ4v) is 5.54. The Balaban J connectivity index is 1.26. The lowest BCUT2D eigenvalue weighted by Crippen LogP contribution is -2.43. The number of nitrogens with one attached hydrogen (secondary N) is 2. The summed E-state index contributed by atoms with van der Waals surface area (Å²) in [4.78, 5) is 43.5. The maximum Gasteiger partial charge on any atom is 0.251 e. The molecule has 35 heavy (non-hydrogen) atoms. The number of hydrogen-bond donors (Lipinski definition) is 3. The lowest BCUT2D eigenvalue weighted by Gasteiger charge is -2.38. The highest BCUT2D eigenvalue weighted by Gasteiger charge is 2.41. The molecule has 8 heteroatoms. The number of pyridine rings is 1. The summed E-state index contributed by atoms with van der Waals surface area (Å²) in [6.07, 6.45) is 8.06. The molecule has 0 radical (unpaired) electrons. The molecular formula is C27H33N5O3. The summed E-state index contributed by atoms with van der Waals surface area (Å²) < 4.78 is 0. The molecule has 184 valence electrons. The molecular weight excluding hydrogens is 442 g/mol. The largest absolute Gasteiger partial charge is 0.384 e. The van der Waals surface area contributed by atoms with Crippen molar-refractivity contribution in [3.05, 3.63) is 53.2 Å². The highest BCUT2D eigenvalue weighted by molar-refractivity contribution is 6.02. The topological polar surface area (TPSA) is 117 Å². The molecule has 3 aliphatic rings. The van der Waals surface area contributed by atoms with Crippen molar-refractivity contribution in [2.24, 2.45) is 17.6 Å². The van der Waals surface area contributed by atoms with Crippen LogP contribution < -0.4 is 21.3 Å². The molecule has 2 amide bonds. The lowest BCUT2D eigenvalue weighted by atomic mass is 9.92. The number of primary amides is 1. The van der Waals surface area contributed by atoms with Crippen LogP contribution in [0.3, 0.4) is 0 Å². The number of carbonyl (C=O) groups is 3. The van der Waals surface area contributed by atoms with Crippen molar-refractivity contribution < 1.29 is 14.4 Å². The van der Waals surface area contributed by atoms with Gasteiger partial charge in [-0.25, -0.2) is 4.98 Å². The normalized spacial score (nSPS) is 23.5. The van der Waals surface area contributed by atoms with Crippen LogP contribution in [0.5, 0.6) is 0 Å². The summed E-state index contributed by atoms with van der Waals surface area (Å²) >= 11 is 0. The molecule has 2 heterocycles. The number of carbonyl (C=O) groups excluding carboxylic acids is 3. The van der Waals surface area contributed by atoms with Gasteiger partial charge in [-0.15, -0.1) is 0 Å². The summed E-state index contributed by atoms with van der Waals surface area (Å²) in [6.45, 7) is 3.26. The van der Waals surface area contributed by atoms with Gasteiger partial charge in [0.1, 0.15) is 5.82 Å². The van der Waals surface area contributed by atoms with Crippen LogP contribution in [0.15, 0.2) is 36.5 Å². The van der Waals surface area contributed by atoms with Gasteiger partial charge in [0, 0.05) is 48.2 Å². The van der Waals surface area contributed by atoms with Crippen LogP contribution in [-0.2, 0) is 0 Å². The molecule has 8 nitrogen and oxygen atoms in total. The molecule has 1 saturated heterocycles. The molecule has 3 atom stereocenters. The first-order valence-corrected chi connectivity index (χ1v) is 12.6. The average Bonchev–Trinajstić information content (AvgIpc) is 3.59. The number of fused-ring (bicyclic) bond motifs is 1. The summed E-state index contributed by atoms with van der Waals surface area (Å²) in [7, 11) is 0. The number of anilines is 2. The first kappa shape index (κ1) is 23.3. The molecule has 0 bridgehead atoms. The quantitative estimate of drug-likeness (QED) is 0.504. The zero-order valence-corrected chi connectivity index (χ0v) is 20.1. The minimum Gasteiger partial charge on any atom is -0.384 e. The molecule has 2 aliphatic carbocycles. The molecule has 3 fully saturated rings. The van der Waals surface area contributed by atoms with E-state index in [2.05, 4.69) is 20.5 Å². The number of rotatable bonds is 8. The molecule has 2 aromatic rings. The third-order valence-electron chi connectivity index (χ3n) is 7.64. The molecule has 5 rings (SSSR count). The first-order chi connectivity index (χ1) is 16.9. The Morgan fingerprint density at radius 3 is 2.57 bits per heavy atom. The molecule has 3 unspecified atom stereocenters. The van der Waals surface area contributed by atoms with Crippen LogP contribution in [0.25, 0.3) is 0 Å². The Labute approximate surface area is 205 Å². The van der Waals surface area contributed by atoms with E-state index in [1.807, 2.05) is 12.1 Å². The van der Waals surface area contributed by atoms with Crippen LogP contribution in [0.2, 0.25) is 0 Å². The van der Waals surface area contributed by atoms with Gasteiger partial charge in [-0.3, -0.25) is 14.4 Å². The monoisotopic (exact) mass is 475 g/mol. The minimum absolute atomic E-state index is 0.0129. The molecule has 1 aromatic heterocycles. The third-order valence-corrected chi connectivity index (χ3v) is 7.64. The Bertz CT molecular complexity index is 1130. The van der Waals surface area contributed by atoms with Gasteiger partial charge >= 0.3 is 0 Å². The van der Waals surface area contributed by atoms with Gasteiger partial charge in [-0.05, 0) is 87.6 Å². The SMILES string of the molecule is CC(=O)c1ccc(N2CCCC3CC(NC(=O)c4ccc(C(N)=O)c(NCC5CC5)c4)CC32)nc1. The highest BCUT2D eigenvalue weighted by Crippen LogP contribution is 2.39. The number of nitrogens with zero attached hydrogens (tertiary/aromatic N) is 2. The van der Waals surface area contributed by atoms with Gasteiger partial charge in [0.25, 0.3) is 11.8 Å². The van der Waals surface area contributed by atoms with Crippen molar-refractivity contribution in [2.45, 2.75) is 57.5 Å². The van der Waals surface area contributed by atoms with Gasteiger partial charge in [-0.2, -0.15) is 0 Å². The summed E-state index contributed by atoms with van der Waals surface area (Å²) in [5.41, 5.74) is 7.73. The second-order valence-corrected chi connectivity index (χ2v) is 10.2. The van der Waals surface area contributed by atoms with Crippen LogP contribution >= 0.6 is 0 Å². The zero-order valence-electron chi connectivity index (χ0n) is 20.1. The highest BCUT2D eigenvalue weighted by atomic mass is 16.2. The Hall–Kier alpha value is -3.42. The van der Waals surface area contributed by atoms with E-state index < -0.39 is 5.91 Å². The Kier molecular flexibility index (Phi) is 6.45. The van der Waals surface area contributed by atoms with Gasteiger partial charge < -0.3 is 21.3 Å². The van der Waals surface area contributed by atoms with Crippen molar-refractivity contribution in [1.82, 2.24) is 10.3 Å². The number of piperidine rings is 1. The van der Waals surface area contributed by atoms with Gasteiger partial charge in [0.05, 0.1) is 5.56 Å². The number of benzene rings is 1. The van der Waals surface area contributed by atoms with Gasteiger partial charge in [0.15, 0.2) is 5.78 Å². The van der Waals surface area contributed by atoms with Gasteiger partial charge in [0.2, 0.25) is 0 Å². The molecule has 0 spiro atoms. The predicted molar refractivity (Wildman–Crippen MR) is 135 cm³/mol. The average molecular weight is 476 g/mol. The number of hydrogen-bond acceptors (Lipinski definition) is 6. The van der Waals surface area contributed by atoms with Crippen molar-refractivity contribution in [3.63, 3.8) is 0 Å². The fraction of sp³-hybridized carbons (Fsp3) is 0.481. The standard InChI is InChI=1S/C27H33N5O3/c1-16(33)20-7-9-25(30-15-20)32-10-2-3-18-11-21(13-24(18)32)31-27(35)19-6-8-22(26(28)34)23(12-19)29-14-17-4-5-17/h6-9,12,15,17-18,21,24,29H,2-5,10-11,13-14H2,1H3,(H2,28,34)(H,31,35). The van der Waals surface area contributed by atoms with Crippen molar-refractivity contribution >= 4 is 29.1 Å². The van der Waals surface area contributed by atoms with E-state index in [-0.39, 0.29) is 17.7 Å². The van der Waals surface area contributed by atoms with Crippen molar-refractivity contribution in [3.8, 4) is 0 Å². The molecule has 4 N–H and O–H groups in total. The van der Waals surface area contributed by atoms with E-state index in [9.17, 15) is 14.4 Å². The number of aromatic nitrogens is 1. The second-order valence-electron chi connectivity index (χ2n) is 10.2. The predicted octanol–water partition coefficient (Wildman–Crippen LogP) is 3.38. The second kappa shape index (κ2) is 9.68. The van der Waals surface area contributed by atoms with E-state index in [1.54, 1.807) is 31.3 Å². The van der Waals surface area contributed by atoms with E-state index in [0.717, 1.165) is 44.6 Å². The molecule has 2 saturated carbocycles. The maximum absolute atomic E-state index is 13.1. The van der Waals surface area contributed by atoms with Crippen LogP contribution in [0.1, 0.15) is 76.5 Å². The van der Waals surface area contributed by atoms with Crippen molar-refractivity contribution in [1.29, 1.82) is 0 Å². The zero-order chi connectivity index (χ0) is 24.5. The van der Waals surface area contributed by atoms with Crippen LogP contribution in [-0.4, -0.2) is 47.8 Å². The Morgan fingerprint density at radius 2 is 1.89 bits per heavy atom. The molecule has 1 aliphatic heterocycles. The minimum atomic E-state index is -0.500.